The normalized spacial score (nSPS) is 23.4. The standard InChI is InChI=1S/C15H31N3OS/c1-4-16-14(17-9-6-5-7-13(2)3)18-11-15(19)8-10-20-12-15/h13,19H,4-12H2,1-3H3,(H2,16,17,18). The lowest BCUT2D eigenvalue weighted by Crippen LogP contribution is -2.40. The molecule has 0 bridgehead atoms. The molecule has 0 amide bonds. The third-order valence-corrected chi connectivity index (χ3v) is 4.69. The van der Waals surface area contributed by atoms with Gasteiger partial charge in [0.2, 0.25) is 0 Å². The number of aliphatic hydroxyl groups is 1. The van der Waals surface area contributed by atoms with Crippen molar-refractivity contribution in [2.75, 3.05) is 31.1 Å². The first-order valence-corrected chi connectivity index (χ1v) is 9.03. The Morgan fingerprint density at radius 1 is 1.35 bits per heavy atom. The van der Waals surface area contributed by atoms with E-state index >= 15 is 0 Å². The van der Waals surface area contributed by atoms with E-state index in [-0.39, 0.29) is 0 Å². The molecule has 0 saturated carbocycles. The molecule has 1 fully saturated rings. The van der Waals surface area contributed by atoms with Gasteiger partial charge in [-0.05, 0) is 31.4 Å². The molecule has 1 unspecified atom stereocenters. The molecule has 1 aliphatic rings. The number of thioether (sulfide) groups is 1. The zero-order chi connectivity index (χ0) is 14.8. The zero-order valence-electron chi connectivity index (χ0n) is 13.2. The second kappa shape index (κ2) is 9.50. The summed E-state index contributed by atoms with van der Waals surface area (Å²) in [5, 5.41) is 16.9. The number of guanidine groups is 1. The number of unbranched alkanes of at least 4 members (excludes halogenated alkanes) is 1. The van der Waals surface area contributed by atoms with Gasteiger partial charge in [0.15, 0.2) is 5.96 Å². The van der Waals surface area contributed by atoms with Crippen molar-refractivity contribution in [3.05, 3.63) is 0 Å². The van der Waals surface area contributed by atoms with Crippen LogP contribution in [0, 0.1) is 5.92 Å². The van der Waals surface area contributed by atoms with Crippen LogP contribution in [-0.2, 0) is 0 Å². The molecule has 1 rings (SSSR count). The molecule has 1 saturated heterocycles. The lowest BCUT2D eigenvalue weighted by molar-refractivity contribution is 0.0778. The molecular weight excluding hydrogens is 270 g/mol. The predicted octanol–water partition coefficient (Wildman–Crippen LogP) is 2.24. The minimum atomic E-state index is -0.593. The van der Waals surface area contributed by atoms with Crippen LogP contribution in [0.25, 0.3) is 0 Å². The van der Waals surface area contributed by atoms with Crippen LogP contribution in [0.1, 0.15) is 46.5 Å². The van der Waals surface area contributed by atoms with Crippen LogP contribution >= 0.6 is 11.8 Å². The van der Waals surface area contributed by atoms with E-state index in [0.717, 1.165) is 42.9 Å². The maximum Gasteiger partial charge on any atom is 0.191 e. The third kappa shape index (κ3) is 7.39. The van der Waals surface area contributed by atoms with Crippen molar-refractivity contribution in [3.8, 4) is 0 Å². The Labute approximate surface area is 128 Å². The van der Waals surface area contributed by atoms with Crippen LogP contribution in [0.4, 0.5) is 0 Å². The molecule has 4 nitrogen and oxygen atoms in total. The van der Waals surface area contributed by atoms with Gasteiger partial charge in [-0.3, -0.25) is 4.99 Å². The SMILES string of the molecule is CCNC(=NCC1(O)CCSC1)NCCCCC(C)C. The monoisotopic (exact) mass is 301 g/mol. The van der Waals surface area contributed by atoms with Crippen molar-refractivity contribution in [1.29, 1.82) is 0 Å². The molecule has 5 heteroatoms. The smallest absolute Gasteiger partial charge is 0.191 e. The van der Waals surface area contributed by atoms with E-state index in [0.29, 0.717) is 6.54 Å². The highest BCUT2D eigenvalue weighted by Gasteiger charge is 2.31. The average Bonchev–Trinajstić information content (AvgIpc) is 2.82. The van der Waals surface area contributed by atoms with E-state index in [9.17, 15) is 5.11 Å². The lowest BCUT2D eigenvalue weighted by Gasteiger charge is -2.19. The summed E-state index contributed by atoms with van der Waals surface area (Å²) in [7, 11) is 0. The van der Waals surface area contributed by atoms with E-state index in [1.54, 1.807) is 0 Å². The molecule has 1 atom stereocenters. The molecular formula is C15H31N3OS. The van der Waals surface area contributed by atoms with Crippen LogP contribution < -0.4 is 10.6 Å². The fourth-order valence-corrected chi connectivity index (χ4v) is 3.46. The van der Waals surface area contributed by atoms with Crippen LogP contribution in [0.15, 0.2) is 4.99 Å². The highest BCUT2D eigenvalue weighted by molar-refractivity contribution is 7.99. The topological polar surface area (TPSA) is 56.7 Å². The Hall–Kier alpha value is -0.420. The molecule has 0 spiro atoms. The van der Waals surface area contributed by atoms with Crippen molar-refractivity contribution in [1.82, 2.24) is 10.6 Å². The highest BCUT2D eigenvalue weighted by Crippen LogP contribution is 2.27. The number of rotatable bonds is 8. The average molecular weight is 302 g/mol. The molecule has 3 N–H and O–H groups in total. The Kier molecular flexibility index (Phi) is 8.38. The molecule has 1 heterocycles. The minimum absolute atomic E-state index is 0.501. The van der Waals surface area contributed by atoms with Gasteiger partial charge in [-0.15, -0.1) is 0 Å². The van der Waals surface area contributed by atoms with Crippen molar-refractivity contribution in [2.24, 2.45) is 10.9 Å². The molecule has 0 aromatic carbocycles. The summed E-state index contributed by atoms with van der Waals surface area (Å²) >= 11 is 1.81. The summed E-state index contributed by atoms with van der Waals surface area (Å²) in [4.78, 5) is 4.53. The Morgan fingerprint density at radius 3 is 2.75 bits per heavy atom. The van der Waals surface area contributed by atoms with Crippen LogP contribution in [0.5, 0.6) is 0 Å². The maximum atomic E-state index is 10.3. The maximum absolute atomic E-state index is 10.3. The highest BCUT2D eigenvalue weighted by atomic mass is 32.2. The zero-order valence-corrected chi connectivity index (χ0v) is 14.1. The second-order valence-electron chi connectivity index (χ2n) is 6.04. The molecule has 1 aliphatic heterocycles. The van der Waals surface area contributed by atoms with Crippen molar-refractivity contribution in [3.63, 3.8) is 0 Å². The third-order valence-electron chi connectivity index (χ3n) is 3.46. The van der Waals surface area contributed by atoms with E-state index in [4.69, 9.17) is 0 Å². The molecule has 0 aromatic heterocycles. The Morgan fingerprint density at radius 2 is 2.15 bits per heavy atom. The summed E-state index contributed by atoms with van der Waals surface area (Å²) in [6, 6.07) is 0. The van der Waals surface area contributed by atoms with Crippen molar-refractivity contribution >= 4 is 17.7 Å². The second-order valence-corrected chi connectivity index (χ2v) is 7.14. The van der Waals surface area contributed by atoms with Crippen molar-refractivity contribution < 1.29 is 5.11 Å². The fourth-order valence-electron chi connectivity index (χ4n) is 2.17. The first kappa shape index (κ1) is 17.6. The molecule has 0 aliphatic carbocycles. The quantitative estimate of drug-likeness (QED) is 0.366. The van der Waals surface area contributed by atoms with Gasteiger partial charge in [0, 0.05) is 18.8 Å². The van der Waals surface area contributed by atoms with Gasteiger partial charge in [0.25, 0.3) is 0 Å². The van der Waals surface area contributed by atoms with Crippen LogP contribution in [0.3, 0.4) is 0 Å². The van der Waals surface area contributed by atoms with Crippen LogP contribution in [0.2, 0.25) is 0 Å². The first-order valence-electron chi connectivity index (χ1n) is 7.88. The van der Waals surface area contributed by atoms with Gasteiger partial charge in [0.05, 0.1) is 12.1 Å². The summed E-state index contributed by atoms with van der Waals surface area (Å²) in [5.74, 6) is 3.48. The lowest BCUT2D eigenvalue weighted by atomic mass is 10.0. The molecule has 20 heavy (non-hydrogen) atoms. The minimum Gasteiger partial charge on any atom is -0.387 e. The fraction of sp³-hybridized carbons (Fsp3) is 0.933. The van der Waals surface area contributed by atoms with E-state index in [1.807, 2.05) is 11.8 Å². The predicted molar refractivity (Wildman–Crippen MR) is 89.6 cm³/mol. The Bertz CT molecular complexity index is 289. The van der Waals surface area contributed by atoms with Gasteiger partial charge in [-0.1, -0.05) is 26.7 Å². The van der Waals surface area contributed by atoms with Gasteiger partial charge >= 0.3 is 0 Å². The number of nitrogens with zero attached hydrogens (tertiary/aromatic N) is 1. The van der Waals surface area contributed by atoms with Gasteiger partial charge < -0.3 is 15.7 Å². The summed E-state index contributed by atoms with van der Waals surface area (Å²) in [5.41, 5.74) is -0.593. The van der Waals surface area contributed by atoms with E-state index in [2.05, 4.69) is 36.4 Å². The summed E-state index contributed by atoms with van der Waals surface area (Å²) < 4.78 is 0. The number of aliphatic imine (C=N–C) groups is 1. The van der Waals surface area contributed by atoms with Gasteiger partial charge in [0.1, 0.15) is 0 Å². The van der Waals surface area contributed by atoms with Crippen LogP contribution in [-0.4, -0.2) is 47.8 Å². The van der Waals surface area contributed by atoms with Crippen molar-refractivity contribution in [2.45, 2.75) is 52.1 Å². The number of hydrogen-bond acceptors (Lipinski definition) is 3. The molecule has 0 radical (unpaired) electrons. The van der Waals surface area contributed by atoms with Gasteiger partial charge in [-0.2, -0.15) is 11.8 Å². The summed E-state index contributed by atoms with van der Waals surface area (Å²) in [6.45, 7) is 8.90. The Balaban J connectivity index is 2.27. The van der Waals surface area contributed by atoms with E-state index in [1.165, 1.54) is 19.3 Å². The molecule has 0 aromatic rings. The van der Waals surface area contributed by atoms with E-state index < -0.39 is 5.60 Å². The summed E-state index contributed by atoms with van der Waals surface area (Å²) in [6.07, 6.45) is 4.56. The first-order chi connectivity index (χ1) is 9.56. The van der Waals surface area contributed by atoms with Gasteiger partial charge in [-0.25, -0.2) is 0 Å². The number of nitrogens with one attached hydrogen (secondary N) is 2. The largest absolute Gasteiger partial charge is 0.387 e. The number of hydrogen-bond donors (Lipinski definition) is 3. The molecule has 118 valence electrons.